The van der Waals surface area contributed by atoms with Gasteiger partial charge in [0.25, 0.3) is 0 Å². The first kappa shape index (κ1) is 30.9. The second-order valence-corrected chi connectivity index (χ2v) is 24.3. The number of aryl methyl sites for hydroxylation is 1. The Balaban J connectivity index is 2.11. The van der Waals surface area contributed by atoms with Crippen LogP contribution in [0.4, 0.5) is 0 Å². The molecule has 1 aliphatic rings. The second-order valence-electron chi connectivity index (χ2n) is 11.4. The molecule has 1 saturated heterocycles. The number of unbranched alkanes of at least 4 members (excludes halogenated alkanes) is 3. The van der Waals surface area contributed by atoms with Gasteiger partial charge in [-0.15, -0.1) is 0 Å². The van der Waals surface area contributed by atoms with Gasteiger partial charge in [-0.1, -0.05) is 0 Å². The zero-order chi connectivity index (χ0) is 27.4. The van der Waals surface area contributed by atoms with Crippen LogP contribution in [0.25, 0.3) is 0 Å². The molecule has 0 bridgehead atoms. The molecule has 0 spiro atoms. The van der Waals surface area contributed by atoms with Gasteiger partial charge in [0, 0.05) is 0 Å². The Morgan fingerprint density at radius 3 is 1.97 bits per heavy atom. The monoisotopic (exact) mass is 626 g/mol. The van der Waals surface area contributed by atoms with Crippen molar-refractivity contribution in [2.24, 2.45) is 5.92 Å². The maximum atomic E-state index is 13.3. The summed E-state index contributed by atoms with van der Waals surface area (Å²) in [4.78, 5) is 13.3. The first-order chi connectivity index (χ1) is 18.4. The third kappa shape index (κ3) is 8.71. The van der Waals surface area contributed by atoms with Crippen LogP contribution < -0.4 is 0 Å². The molecule has 0 N–H and O–H groups in total. The summed E-state index contributed by atoms with van der Waals surface area (Å²) in [7, 11) is 1.52. The summed E-state index contributed by atoms with van der Waals surface area (Å²) in [6.07, 6.45) is 8.97. The summed E-state index contributed by atoms with van der Waals surface area (Å²) in [5.41, 5.74) is 4.91. The van der Waals surface area contributed by atoms with Crippen molar-refractivity contribution in [3.8, 4) is 0 Å². The van der Waals surface area contributed by atoms with Crippen molar-refractivity contribution in [1.29, 1.82) is 0 Å². The first-order valence-corrected chi connectivity index (χ1v) is 22.7. The van der Waals surface area contributed by atoms with Crippen LogP contribution in [0.15, 0.2) is 64.3 Å². The molecule has 2 aromatic carbocycles. The maximum absolute atomic E-state index is 13.3. The van der Waals surface area contributed by atoms with Gasteiger partial charge in [0.1, 0.15) is 0 Å². The van der Waals surface area contributed by atoms with Gasteiger partial charge in [0.05, 0.1) is 0 Å². The second kappa shape index (κ2) is 15.9. The minimum atomic E-state index is -2.59. The van der Waals surface area contributed by atoms with Crippen molar-refractivity contribution in [2.45, 2.75) is 105 Å². The fourth-order valence-corrected chi connectivity index (χ4v) is 21.6. The van der Waals surface area contributed by atoms with E-state index < -0.39 is 18.4 Å². The van der Waals surface area contributed by atoms with E-state index in [-0.39, 0.29) is 24.1 Å². The fraction of sp³-hybridized carbons (Fsp3) is 0.559. The van der Waals surface area contributed by atoms with Gasteiger partial charge >= 0.3 is 237 Å². The van der Waals surface area contributed by atoms with Crippen molar-refractivity contribution in [2.75, 3.05) is 7.11 Å². The third-order valence-electron chi connectivity index (χ3n) is 8.28. The number of rotatable bonds is 13. The Kier molecular flexibility index (Phi) is 12.9. The Hall–Kier alpha value is -1.59. The van der Waals surface area contributed by atoms with Gasteiger partial charge in [0.15, 0.2) is 0 Å². The van der Waals surface area contributed by atoms with E-state index >= 15 is 0 Å². The molecular formula is C34H50O3Sn. The average molecular weight is 625 g/mol. The van der Waals surface area contributed by atoms with Crippen molar-refractivity contribution in [3.05, 3.63) is 81.0 Å². The molecule has 1 heterocycles. The van der Waals surface area contributed by atoms with E-state index in [2.05, 4.69) is 86.4 Å². The molecule has 0 amide bonds. The summed E-state index contributed by atoms with van der Waals surface area (Å²) in [5.74, 6) is -0.498. The fourth-order valence-electron chi connectivity index (χ4n) is 6.05. The summed E-state index contributed by atoms with van der Waals surface area (Å²) >= 11 is -2.59. The van der Waals surface area contributed by atoms with Crippen LogP contribution >= 0.6 is 0 Å². The SMILES string of the molecule is CCC[CH2][Sn](/[CH]=C1\CC(c2ccccc2)OC(c2ccc(C)cc2)C(C(=O)OC)C1)([CH2]CCC)[CH2]CCC. The number of esters is 1. The Morgan fingerprint density at radius 1 is 0.868 bits per heavy atom. The van der Waals surface area contributed by atoms with E-state index in [1.807, 2.05) is 0 Å². The van der Waals surface area contributed by atoms with Crippen molar-refractivity contribution in [3.63, 3.8) is 0 Å². The number of hydrogen-bond donors (Lipinski definition) is 0. The molecule has 3 atom stereocenters. The summed E-state index contributed by atoms with van der Waals surface area (Å²) in [5, 5.41) is 0. The van der Waals surface area contributed by atoms with Crippen LogP contribution in [-0.2, 0) is 14.3 Å². The van der Waals surface area contributed by atoms with Crippen molar-refractivity contribution < 1.29 is 14.3 Å². The molecule has 2 aromatic rings. The molecule has 3 unspecified atom stereocenters. The van der Waals surface area contributed by atoms with Gasteiger partial charge in [-0.3, -0.25) is 0 Å². The van der Waals surface area contributed by atoms with E-state index in [0.717, 1.165) is 18.4 Å². The molecule has 1 fully saturated rings. The zero-order valence-electron chi connectivity index (χ0n) is 24.5. The first-order valence-electron chi connectivity index (χ1n) is 15.0. The number of benzene rings is 2. The molecule has 3 rings (SSSR count). The topological polar surface area (TPSA) is 35.5 Å². The van der Waals surface area contributed by atoms with Crippen LogP contribution in [0.1, 0.15) is 101 Å². The Labute approximate surface area is 236 Å². The zero-order valence-corrected chi connectivity index (χ0v) is 27.4. The Morgan fingerprint density at radius 2 is 1.45 bits per heavy atom. The summed E-state index contributed by atoms with van der Waals surface area (Å²) in [6, 6.07) is 19.1. The van der Waals surface area contributed by atoms with Crippen molar-refractivity contribution in [1.82, 2.24) is 0 Å². The molecule has 3 nitrogen and oxygen atoms in total. The molecule has 0 aliphatic carbocycles. The number of methoxy groups -OCH3 is 1. The van der Waals surface area contributed by atoms with E-state index in [0.29, 0.717) is 0 Å². The molecule has 0 aromatic heterocycles. The van der Waals surface area contributed by atoms with E-state index in [9.17, 15) is 4.79 Å². The number of carbonyl (C=O) groups excluding carboxylic acids is 1. The van der Waals surface area contributed by atoms with Crippen LogP contribution in [0, 0.1) is 12.8 Å². The summed E-state index contributed by atoms with van der Waals surface area (Å²) < 4.78 is 19.4. The van der Waals surface area contributed by atoms with Crippen LogP contribution in [0.2, 0.25) is 13.3 Å². The normalized spacial score (nSPS) is 21.3. The molecule has 0 saturated carbocycles. The van der Waals surface area contributed by atoms with E-state index in [1.165, 1.54) is 75.6 Å². The standard InChI is InChI=1S/C22H23O3.3C4H9.Sn/c1-15-9-11-18(12-10-15)21-19(22(23)24-3)13-16(2)14-20(25-21)17-7-5-4-6-8-17;3*1-3-4-2;/h2,4-12,19-21H,13-14H2,1,3H3;3*1,3-4H2,2H3;. The molecule has 1 aliphatic heterocycles. The molecule has 38 heavy (non-hydrogen) atoms. The molecule has 4 heteroatoms. The number of carbonyl (C=O) groups is 1. The van der Waals surface area contributed by atoms with Crippen LogP contribution in [0.5, 0.6) is 0 Å². The minimum absolute atomic E-state index is 0.0732. The third-order valence-corrected chi connectivity index (χ3v) is 22.7. The molecule has 208 valence electrons. The predicted octanol–water partition coefficient (Wildman–Crippen LogP) is 9.69. The van der Waals surface area contributed by atoms with Crippen LogP contribution in [0.3, 0.4) is 0 Å². The number of ether oxygens (including phenoxy) is 2. The van der Waals surface area contributed by atoms with Crippen LogP contribution in [-0.4, -0.2) is 31.5 Å². The summed E-state index contributed by atoms with van der Waals surface area (Å²) in [6.45, 7) is 9.08. The average Bonchev–Trinajstić information content (AvgIpc) is 3.14. The number of hydrogen-bond acceptors (Lipinski definition) is 3. The quantitative estimate of drug-likeness (QED) is 0.164. The van der Waals surface area contributed by atoms with Gasteiger partial charge in [-0.25, -0.2) is 0 Å². The van der Waals surface area contributed by atoms with Crippen molar-refractivity contribution >= 4 is 24.3 Å². The van der Waals surface area contributed by atoms with Gasteiger partial charge in [-0.2, -0.15) is 0 Å². The van der Waals surface area contributed by atoms with Gasteiger partial charge in [-0.05, 0) is 0 Å². The van der Waals surface area contributed by atoms with E-state index in [4.69, 9.17) is 9.47 Å². The van der Waals surface area contributed by atoms with Gasteiger partial charge < -0.3 is 0 Å². The van der Waals surface area contributed by atoms with E-state index in [1.54, 1.807) is 0 Å². The molecular weight excluding hydrogens is 575 g/mol. The molecule has 0 radical (unpaired) electrons. The predicted molar refractivity (Wildman–Crippen MR) is 162 cm³/mol. The van der Waals surface area contributed by atoms with Gasteiger partial charge in [0.2, 0.25) is 0 Å². The Bertz CT molecular complexity index is 976.